The maximum Gasteiger partial charge on any atom is 0.182 e. The molecule has 0 aliphatic carbocycles. The average molecular weight is 181 g/mol. The van der Waals surface area contributed by atoms with E-state index < -0.39 is 0 Å². The standard InChI is InChI=1S/C6H7N5S/c1-2-12-6(7-1)8-3-5-9-4-10-11-5/h1-2,4H,3H2,(H,7,8)(H,9,10,11). The summed E-state index contributed by atoms with van der Waals surface area (Å²) in [6.45, 7) is 0.632. The number of H-pyrrole nitrogens is 1. The Morgan fingerprint density at radius 3 is 3.17 bits per heavy atom. The van der Waals surface area contributed by atoms with Crippen LogP contribution in [-0.4, -0.2) is 20.2 Å². The first-order valence-electron chi connectivity index (χ1n) is 3.43. The van der Waals surface area contributed by atoms with Gasteiger partial charge in [0.2, 0.25) is 0 Å². The largest absolute Gasteiger partial charge is 0.354 e. The van der Waals surface area contributed by atoms with Crippen molar-refractivity contribution in [2.24, 2.45) is 0 Å². The van der Waals surface area contributed by atoms with Crippen molar-refractivity contribution in [3.63, 3.8) is 0 Å². The Morgan fingerprint density at radius 1 is 1.50 bits per heavy atom. The second kappa shape index (κ2) is 3.31. The van der Waals surface area contributed by atoms with Crippen molar-refractivity contribution < 1.29 is 0 Å². The quantitative estimate of drug-likeness (QED) is 0.737. The minimum atomic E-state index is 0.632. The van der Waals surface area contributed by atoms with Crippen LogP contribution in [0, 0.1) is 0 Å². The van der Waals surface area contributed by atoms with Gasteiger partial charge in [-0.15, -0.1) is 11.3 Å². The van der Waals surface area contributed by atoms with Crippen LogP contribution in [0.2, 0.25) is 0 Å². The molecule has 0 saturated heterocycles. The molecule has 0 fully saturated rings. The van der Waals surface area contributed by atoms with Crippen molar-refractivity contribution in [3.05, 3.63) is 23.7 Å². The van der Waals surface area contributed by atoms with Crippen molar-refractivity contribution >= 4 is 16.5 Å². The number of hydrogen-bond donors (Lipinski definition) is 2. The minimum Gasteiger partial charge on any atom is -0.354 e. The molecule has 0 saturated carbocycles. The van der Waals surface area contributed by atoms with E-state index in [-0.39, 0.29) is 0 Å². The topological polar surface area (TPSA) is 66.5 Å². The molecule has 0 amide bonds. The van der Waals surface area contributed by atoms with Gasteiger partial charge in [-0.05, 0) is 0 Å². The highest BCUT2D eigenvalue weighted by molar-refractivity contribution is 7.13. The van der Waals surface area contributed by atoms with E-state index in [1.54, 1.807) is 17.5 Å². The van der Waals surface area contributed by atoms with Crippen LogP contribution in [-0.2, 0) is 6.54 Å². The van der Waals surface area contributed by atoms with E-state index in [2.05, 4.69) is 25.5 Å². The molecule has 0 atom stereocenters. The van der Waals surface area contributed by atoms with E-state index in [1.165, 1.54) is 6.33 Å². The zero-order valence-electron chi connectivity index (χ0n) is 6.19. The van der Waals surface area contributed by atoms with Crippen molar-refractivity contribution in [1.29, 1.82) is 0 Å². The zero-order valence-corrected chi connectivity index (χ0v) is 7.01. The molecule has 5 nitrogen and oxygen atoms in total. The molecule has 0 bridgehead atoms. The Bertz CT molecular complexity index is 279. The summed E-state index contributed by atoms with van der Waals surface area (Å²) in [5.74, 6) is 0.810. The fourth-order valence-corrected chi connectivity index (χ4v) is 1.31. The highest BCUT2D eigenvalue weighted by atomic mass is 32.1. The van der Waals surface area contributed by atoms with Crippen molar-refractivity contribution in [2.75, 3.05) is 5.32 Å². The number of rotatable bonds is 3. The van der Waals surface area contributed by atoms with Gasteiger partial charge in [-0.2, -0.15) is 5.10 Å². The highest BCUT2D eigenvalue weighted by Gasteiger charge is 1.96. The average Bonchev–Trinajstić information content (AvgIpc) is 2.74. The molecule has 2 aromatic rings. The van der Waals surface area contributed by atoms with Gasteiger partial charge in [0.25, 0.3) is 0 Å². The molecule has 6 heteroatoms. The van der Waals surface area contributed by atoms with Crippen LogP contribution in [0.4, 0.5) is 5.13 Å². The minimum absolute atomic E-state index is 0.632. The second-order valence-corrected chi connectivity index (χ2v) is 3.02. The lowest BCUT2D eigenvalue weighted by molar-refractivity contribution is 0.952. The van der Waals surface area contributed by atoms with Gasteiger partial charge in [-0.3, -0.25) is 5.10 Å². The van der Waals surface area contributed by atoms with E-state index in [0.717, 1.165) is 11.0 Å². The molecule has 2 aromatic heterocycles. The van der Waals surface area contributed by atoms with Gasteiger partial charge in [0.15, 0.2) is 5.13 Å². The molecule has 2 N–H and O–H groups in total. The van der Waals surface area contributed by atoms with E-state index in [1.807, 2.05) is 5.38 Å². The highest BCUT2D eigenvalue weighted by Crippen LogP contribution is 2.10. The predicted octanol–water partition coefficient (Wildman–Crippen LogP) is 0.873. The summed E-state index contributed by atoms with van der Waals surface area (Å²) in [5, 5.41) is 12.4. The number of aromatic nitrogens is 4. The van der Waals surface area contributed by atoms with Crippen molar-refractivity contribution in [2.45, 2.75) is 6.54 Å². The molecule has 62 valence electrons. The number of thiazole rings is 1. The third-order valence-corrected chi connectivity index (χ3v) is 2.04. The molecule has 0 aromatic carbocycles. The fraction of sp³-hybridized carbons (Fsp3) is 0.167. The smallest absolute Gasteiger partial charge is 0.182 e. The Morgan fingerprint density at radius 2 is 2.50 bits per heavy atom. The Hall–Kier alpha value is -1.43. The molecule has 0 aliphatic heterocycles. The van der Waals surface area contributed by atoms with Crippen LogP contribution in [0.1, 0.15) is 5.82 Å². The summed E-state index contributed by atoms with van der Waals surface area (Å²) >= 11 is 1.56. The van der Waals surface area contributed by atoms with Crippen molar-refractivity contribution in [1.82, 2.24) is 20.2 Å². The molecule has 2 rings (SSSR count). The number of hydrogen-bond acceptors (Lipinski definition) is 5. The summed E-state index contributed by atoms with van der Waals surface area (Å²) in [7, 11) is 0. The van der Waals surface area contributed by atoms with Gasteiger partial charge >= 0.3 is 0 Å². The van der Waals surface area contributed by atoms with E-state index in [0.29, 0.717) is 6.54 Å². The lowest BCUT2D eigenvalue weighted by atomic mass is 10.6. The maximum atomic E-state index is 4.06. The molecule has 2 heterocycles. The summed E-state index contributed by atoms with van der Waals surface area (Å²) in [6.07, 6.45) is 3.24. The van der Waals surface area contributed by atoms with Gasteiger partial charge in [0, 0.05) is 11.6 Å². The normalized spacial score (nSPS) is 10.0. The van der Waals surface area contributed by atoms with Crippen LogP contribution in [0.25, 0.3) is 0 Å². The van der Waals surface area contributed by atoms with Crippen LogP contribution >= 0.6 is 11.3 Å². The summed E-state index contributed by atoms with van der Waals surface area (Å²) in [4.78, 5) is 8.02. The summed E-state index contributed by atoms with van der Waals surface area (Å²) in [5.41, 5.74) is 0. The third kappa shape index (κ3) is 1.59. The van der Waals surface area contributed by atoms with E-state index >= 15 is 0 Å². The lowest BCUT2D eigenvalue weighted by Crippen LogP contribution is -2.00. The monoisotopic (exact) mass is 181 g/mol. The second-order valence-electron chi connectivity index (χ2n) is 2.12. The Balaban J connectivity index is 1.91. The number of anilines is 1. The number of nitrogens with one attached hydrogen (secondary N) is 2. The molecule has 0 spiro atoms. The lowest BCUT2D eigenvalue weighted by Gasteiger charge is -1.96. The molecule has 0 radical (unpaired) electrons. The molecule has 0 aliphatic rings. The predicted molar refractivity (Wildman–Crippen MR) is 45.8 cm³/mol. The van der Waals surface area contributed by atoms with Crippen LogP contribution in [0.15, 0.2) is 17.9 Å². The van der Waals surface area contributed by atoms with Crippen LogP contribution < -0.4 is 5.32 Å². The number of nitrogens with zero attached hydrogens (tertiary/aromatic N) is 3. The molecule has 12 heavy (non-hydrogen) atoms. The summed E-state index contributed by atoms with van der Waals surface area (Å²) in [6, 6.07) is 0. The van der Waals surface area contributed by atoms with Gasteiger partial charge in [0.05, 0.1) is 6.54 Å². The van der Waals surface area contributed by atoms with Crippen LogP contribution in [0.5, 0.6) is 0 Å². The molecular formula is C6H7N5S. The first-order valence-corrected chi connectivity index (χ1v) is 4.31. The molecular weight excluding hydrogens is 174 g/mol. The number of aromatic amines is 1. The van der Waals surface area contributed by atoms with Gasteiger partial charge in [-0.25, -0.2) is 9.97 Å². The SMILES string of the molecule is c1n[nH]c(CNc2nccs2)n1. The van der Waals surface area contributed by atoms with E-state index in [4.69, 9.17) is 0 Å². The fourth-order valence-electron chi connectivity index (χ4n) is 0.786. The first kappa shape index (κ1) is 7.23. The van der Waals surface area contributed by atoms with E-state index in [9.17, 15) is 0 Å². The van der Waals surface area contributed by atoms with Crippen molar-refractivity contribution in [3.8, 4) is 0 Å². The third-order valence-electron chi connectivity index (χ3n) is 1.30. The Kier molecular flexibility index (Phi) is 2.00. The van der Waals surface area contributed by atoms with Gasteiger partial charge in [0.1, 0.15) is 12.2 Å². The first-order chi connectivity index (χ1) is 5.95. The van der Waals surface area contributed by atoms with Gasteiger partial charge in [-0.1, -0.05) is 0 Å². The van der Waals surface area contributed by atoms with Crippen LogP contribution in [0.3, 0.4) is 0 Å². The Labute approximate surface area is 72.9 Å². The molecule has 0 unspecified atom stereocenters. The maximum absolute atomic E-state index is 4.06. The summed E-state index contributed by atoms with van der Waals surface area (Å²) < 4.78 is 0. The van der Waals surface area contributed by atoms with Gasteiger partial charge < -0.3 is 5.32 Å². The zero-order chi connectivity index (χ0) is 8.23.